The molecule has 0 amide bonds. The van der Waals surface area contributed by atoms with Gasteiger partial charge in [0.05, 0.1) is 0 Å². The molecule has 2 rings (SSSR count). The van der Waals surface area contributed by atoms with Gasteiger partial charge in [-0.15, -0.1) is 0 Å². The lowest BCUT2D eigenvalue weighted by atomic mass is 9.83. The Morgan fingerprint density at radius 2 is 2.00 bits per heavy atom. The van der Waals surface area contributed by atoms with Gasteiger partial charge < -0.3 is 5.32 Å². The third kappa shape index (κ3) is 1.92. The summed E-state index contributed by atoms with van der Waals surface area (Å²) in [4.78, 5) is 0. The van der Waals surface area contributed by atoms with Crippen LogP contribution < -0.4 is 5.32 Å². The number of nitrogens with one attached hydrogen (secondary N) is 1. The first kappa shape index (κ1) is 8.76. The van der Waals surface area contributed by atoms with Crippen molar-refractivity contribution in [3.63, 3.8) is 0 Å². The van der Waals surface area contributed by atoms with Crippen molar-refractivity contribution in [2.24, 2.45) is 5.92 Å². The molecular formula is C12H17N. The first-order valence-corrected chi connectivity index (χ1v) is 5.13. The van der Waals surface area contributed by atoms with Gasteiger partial charge in [-0.25, -0.2) is 0 Å². The Balaban J connectivity index is 2.15. The van der Waals surface area contributed by atoms with E-state index in [9.17, 15) is 0 Å². The van der Waals surface area contributed by atoms with Crippen LogP contribution in [0.5, 0.6) is 0 Å². The quantitative estimate of drug-likeness (QED) is 0.691. The lowest BCUT2D eigenvalue weighted by Gasteiger charge is -2.29. The third-order valence-electron chi connectivity index (χ3n) is 3.06. The van der Waals surface area contributed by atoms with Crippen molar-refractivity contribution in [1.82, 2.24) is 5.32 Å². The standard InChI is InChI=1S/C12H17N/c1-10-7-8-13-9-12(10)11-5-3-2-4-6-11/h2-6,10,12-13H,7-9H2,1H3/t10-,12+/m1/s1. The van der Waals surface area contributed by atoms with E-state index in [2.05, 4.69) is 42.6 Å². The second-order valence-electron chi connectivity index (χ2n) is 3.99. The van der Waals surface area contributed by atoms with Crippen molar-refractivity contribution in [3.05, 3.63) is 35.9 Å². The summed E-state index contributed by atoms with van der Waals surface area (Å²) in [6.45, 7) is 4.69. The Bertz CT molecular complexity index is 255. The van der Waals surface area contributed by atoms with E-state index in [-0.39, 0.29) is 0 Å². The summed E-state index contributed by atoms with van der Waals surface area (Å²) < 4.78 is 0. The molecule has 0 bridgehead atoms. The van der Waals surface area contributed by atoms with E-state index in [0.717, 1.165) is 18.4 Å². The zero-order chi connectivity index (χ0) is 9.10. The minimum atomic E-state index is 0.718. The highest BCUT2D eigenvalue weighted by Crippen LogP contribution is 2.28. The molecule has 0 aromatic heterocycles. The molecule has 0 unspecified atom stereocenters. The fourth-order valence-electron chi connectivity index (χ4n) is 2.14. The molecule has 0 spiro atoms. The molecular weight excluding hydrogens is 158 g/mol. The summed E-state index contributed by atoms with van der Waals surface area (Å²) in [5.41, 5.74) is 1.49. The molecule has 1 heterocycles. The maximum Gasteiger partial charge on any atom is 0.00227 e. The van der Waals surface area contributed by atoms with Gasteiger partial charge in [-0.1, -0.05) is 37.3 Å². The van der Waals surface area contributed by atoms with E-state index in [1.165, 1.54) is 18.5 Å². The van der Waals surface area contributed by atoms with Crippen LogP contribution in [-0.2, 0) is 0 Å². The maximum absolute atomic E-state index is 3.46. The Labute approximate surface area is 80.2 Å². The van der Waals surface area contributed by atoms with Crippen molar-refractivity contribution in [1.29, 1.82) is 0 Å². The third-order valence-corrected chi connectivity index (χ3v) is 3.06. The minimum Gasteiger partial charge on any atom is -0.316 e. The predicted octanol–water partition coefficient (Wildman–Crippen LogP) is 2.40. The van der Waals surface area contributed by atoms with Gasteiger partial charge in [0.1, 0.15) is 0 Å². The maximum atomic E-state index is 3.46. The second kappa shape index (κ2) is 3.93. The smallest absolute Gasteiger partial charge is 0.00227 e. The van der Waals surface area contributed by atoms with E-state index < -0.39 is 0 Å². The van der Waals surface area contributed by atoms with E-state index in [1.807, 2.05) is 0 Å². The largest absolute Gasteiger partial charge is 0.316 e. The molecule has 1 heteroatoms. The molecule has 1 aromatic carbocycles. The van der Waals surface area contributed by atoms with Crippen LogP contribution in [0.2, 0.25) is 0 Å². The van der Waals surface area contributed by atoms with Crippen LogP contribution in [0.25, 0.3) is 0 Å². The van der Waals surface area contributed by atoms with E-state index in [4.69, 9.17) is 0 Å². The Morgan fingerprint density at radius 1 is 1.23 bits per heavy atom. The number of benzene rings is 1. The van der Waals surface area contributed by atoms with Gasteiger partial charge in [-0.2, -0.15) is 0 Å². The molecule has 1 aliphatic rings. The number of hydrogen-bond donors (Lipinski definition) is 1. The van der Waals surface area contributed by atoms with Crippen LogP contribution in [0.1, 0.15) is 24.8 Å². The topological polar surface area (TPSA) is 12.0 Å². The SMILES string of the molecule is C[C@@H]1CCNC[C@@H]1c1ccccc1. The zero-order valence-corrected chi connectivity index (χ0v) is 8.16. The molecule has 1 fully saturated rings. The fourth-order valence-corrected chi connectivity index (χ4v) is 2.14. The predicted molar refractivity (Wildman–Crippen MR) is 55.8 cm³/mol. The van der Waals surface area contributed by atoms with E-state index in [1.54, 1.807) is 0 Å². The molecule has 1 nitrogen and oxygen atoms in total. The van der Waals surface area contributed by atoms with Crippen LogP contribution >= 0.6 is 0 Å². The summed E-state index contributed by atoms with van der Waals surface area (Å²) in [5, 5.41) is 3.46. The highest BCUT2D eigenvalue weighted by molar-refractivity contribution is 5.21. The highest BCUT2D eigenvalue weighted by Gasteiger charge is 2.21. The van der Waals surface area contributed by atoms with Gasteiger partial charge in [0.2, 0.25) is 0 Å². The zero-order valence-electron chi connectivity index (χ0n) is 8.16. The van der Waals surface area contributed by atoms with Crippen LogP contribution in [0.15, 0.2) is 30.3 Å². The second-order valence-corrected chi connectivity index (χ2v) is 3.99. The van der Waals surface area contributed by atoms with E-state index in [0.29, 0.717) is 0 Å². The Hall–Kier alpha value is -0.820. The molecule has 1 N–H and O–H groups in total. The fraction of sp³-hybridized carbons (Fsp3) is 0.500. The first-order chi connectivity index (χ1) is 6.38. The van der Waals surface area contributed by atoms with Crippen molar-refractivity contribution in [2.45, 2.75) is 19.3 Å². The summed E-state index contributed by atoms with van der Waals surface area (Å²) in [6, 6.07) is 10.8. The molecule has 1 aliphatic heterocycles. The molecule has 2 atom stereocenters. The molecule has 1 saturated heterocycles. The molecule has 0 aliphatic carbocycles. The van der Waals surface area contributed by atoms with Crippen LogP contribution in [-0.4, -0.2) is 13.1 Å². The lowest BCUT2D eigenvalue weighted by molar-refractivity contribution is 0.348. The number of piperidine rings is 1. The van der Waals surface area contributed by atoms with Crippen LogP contribution in [0.3, 0.4) is 0 Å². The average molecular weight is 175 g/mol. The molecule has 0 saturated carbocycles. The van der Waals surface area contributed by atoms with Crippen molar-refractivity contribution >= 4 is 0 Å². The monoisotopic (exact) mass is 175 g/mol. The lowest BCUT2D eigenvalue weighted by Crippen LogP contribution is -2.33. The highest BCUT2D eigenvalue weighted by atomic mass is 14.9. The van der Waals surface area contributed by atoms with Crippen LogP contribution in [0, 0.1) is 5.92 Å². The van der Waals surface area contributed by atoms with Gasteiger partial charge in [0.15, 0.2) is 0 Å². The van der Waals surface area contributed by atoms with Crippen molar-refractivity contribution in [3.8, 4) is 0 Å². The summed E-state index contributed by atoms with van der Waals surface area (Å²) in [6.07, 6.45) is 1.31. The van der Waals surface area contributed by atoms with Crippen molar-refractivity contribution < 1.29 is 0 Å². The number of rotatable bonds is 1. The summed E-state index contributed by atoms with van der Waals surface area (Å²) >= 11 is 0. The first-order valence-electron chi connectivity index (χ1n) is 5.13. The Morgan fingerprint density at radius 3 is 2.69 bits per heavy atom. The van der Waals surface area contributed by atoms with Crippen LogP contribution in [0.4, 0.5) is 0 Å². The van der Waals surface area contributed by atoms with Gasteiger partial charge in [-0.3, -0.25) is 0 Å². The number of hydrogen-bond acceptors (Lipinski definition) is 1. The van der Waals surface area contributed by atoms with Gasteiger partial charge in [0.25, 0.3) is 0 Å². The Kier molecular flexibility index (Phi) is 2.65. The minimum absolute atomic E-state index is 0.718. The summed E-state index contributed by atoms with van der Waals surface area (Å²) in [5.74, 6) is 1.54. The van der Waals surface area contributed by atoms with Gasteiger partial charge in [0, 0.05) is 6.54 Å². The summed E-state index contributed by atoms with van der Waals surface area (Å²) in [7, 11) is 0. The normalized spacial score (nSPS) is 28.7. The molecule has 1 aromatic rings. The average Bonchev–Trinajstić information content (AvgIpc) is 2.20. The van der Waals surface area contributed by atoms with Gasteiger partial charge in [-0.05, 0) is 30.4 Å². The molecule has 13 heavy (non-hydrogen) atoms. The van der Waals surface area contributed by atoms with Crippen molar-refractivity contribution in [2.75, 3.05) is 13.1 Å². The van der Waals surface area contributed by atoms with E-state index >= 15 is 0 Å². The van der Waals surface area contributed by atoms with Gasteiger partial charge >= 0.3 is 0 Å². The molecule has 0 radical (unpaired) electrons. The molecule has 70 valence electrons.